The van der Waals surface area contributed by atoms with Crippen LogP contribution in [0.25, 0.3) is 0 Å². The van der Waals surface area contributed by atoms with Crippen LogP contribution >= 0.6 is 0 Å². The zero-order valence-corrected chi connectivity index (χ0v) is 4.76. The van der Waals surface area contributed by atoms with E-state index in [-0.39, 0.29) is 0 Å². The number of amides is 1. The molecule has 0 aromatic heterocycles. The lowest BCUT2D eigenvalue weighted by atomic mass is 10.2. The molecule has 0 aromatic carbocycles. The molecule has 0 bridgehead atoms. The van der Waals surface area contributed by atoms with E-state index in [2.05, 4.69) is 10.7 Å². The Morgan fingerprint density at radius 1 is 1.67 bits per heavy atom. The van der Waals surface area contributed by atoms with Gasteiger partial charge in [0.05, 0.1) is 0 Å². The molecule has 0 radical (unpaired) electrons. The molecule has 0 aliphatic rings. The van der Waals surface area contributed by atoms with Gasteiger partial charge < -0.3 is 5.73 Å². The number of rotatable bonds is 2. The maximum absolute atomic E-state index is 10.9. The van der Waals surface area contributed by atoms with Crippen molar-refractivity contribution >= 4 is 11.9 Å². The number of hydrogen-bond donors (Lipinski definition) is 1. The molecule has 0 spiro atoms. The van der Waals surface area contributed by atoms with E-state index >= 15 is 0 Å². The average molecular weight is 135 g/mol. The Morgan fingerprint density at radius 2 is 2.11 bits per heavy atom. The first-order valence-electron chi connectivity index (χ1n) is 2.21. The van der Waals surface area contributed by atoms with Crippen molar-refractivity contribution in [3.63, 3.8) is 0 Å². The molecule has 0 aliphatic heterocycles. The van der Waals surface area contributed by atoms with E-state index in [4.69, 9.17) is 0 Å². The first-order valence-corrected chi connectivity index (χ1v) is 2.21. The molecule has 2 N–H and O–H groups in total. The van der Waals surface area contributed by atoms with E-state index < -0.39 is 17.8 Å². The molecule has 0 aliphatic carbocycles. The van der Waals surface area contributed by atoms with Crippen molar-refractivity contribution in [3.05, 3.63) is 0 Å². The van der Waals surface area contributed by atoms with E-state index in [0.717, 1.165) is 6.92 Å². The SMILES string of the molecule is CC(C(N)=O)C(=O)OF. The first kappa shape index (κ1) is 7.87. The number of hydrogen-bond acceptors (Lipinski definition) is 3. The Balaban J connectivity index is 3.88. The maximum Gasteiger partial charge on any atom is 0.360 e. The Labute approximate surface area is 50.7 Å². The van der Waals surface area contributed by atoms with Crippen molar-refractivity contribution in [2.24, 2.45) is 11.7 Å². The van der Waals surface area contributed by atoms with Gasteiger partial charge in [0.1, 0.15) is 5.92 Å². The van der Waals surface area contributed by atoms with Crippen molar-refractivity contribution in [3.8, 4) is 0 Å². The highest BCUT2D eigenvalue weighted by Crippen LogP contribution is 1.96. The number of carbonyl (C=O) groups is 2. The molecule has 9 heavy (non-hydrogen) atoms. The molecule has 1 unspecified atom stereocenters. The summed E-state index contributed by atoms with van der Waals surface area (Å²) in [5.74, 6) is -3.38. The van der Waals surface area contributed by atoms with E-state index in [1.165, 1.54) is 0 Å². The van der Waals surface area contributed by atoms with Crippen LogP contribution in [0, 0.1) is 5.92 Å². The van der Waals surface area contributed by atoms with E-state index in [1.54, 1.807) is 0 Å². The van der Waals surface area contributed by atoms with Gasteiger partial charge in [-0.1, -0.05) is 0 Å². The molecule has 1 atom stereocenters. The van der Waals surface area contributed by atoms with Crippen molar-refractivity contribution in [2.45, 2.75) is 6.92 Å². The highest BCUT2D eigenvalue weighted by Gasteiger charge is 2.20. The van der Waals surface area contributed by atoms with Gasteiger partial charge in [0.2, 0.25) is 5.91 Å². The summed E-state index contributed by atoms with van der Waals surface area (Å²) >= 11 is 0. The molecule has 5 heteroatoms. The second-order valence-corrected chi connectivity index (χ2v) is 1.52. The van der Waals surface area contributed by atoms with Crippen LogP contribution in [0.4, 0.5) is 4.53 Å². The fourth-order valence-electron chi connectivity index (χ4n) is 0.183. The number of halogens is 1. The predicted octanol–water partition coefficient (Wildman–Crippen LogP) is -0.465. The topological polar surface area (TPSA) is 69.4 Å². The summed E-state index contributed by atoms with van der Waals surface area (Å²) in [6.45, 7) is 1.16. The molecule has 1 amide bonds. The summed E-state index contributed by atoms with van der Waals surface area (Å²) < 4.78 is 10.9. The molecule has 0 aromatic rings. The van der Waals surface area contributed by atoms with Crippen molar-refractivity contribution in [1.29, 1.82) is 0 Å². The van der Waals surface area contributed by atoms with Gasteiger partial charge in [-0.2, -0.15) is 0 Å². The Bertz CT molecular complexity index is 136. The molecular weight excluding hydrogens is 129 g/mol. The summed E-state index contributed by atoms with van der Waals surface area (Å²) in [4.78, 5) is 22.8. The third kappa shape index (κ3) is 2.07. The Hall–Kier alpha value is -1.13. The normalized spacial score (nSPS) is 12.2. The van der Waals surface area contributed by atoms with Crippen LogP contribution in [0.2, 0.25) is 0 Å². The van der Waals surface area contributed by atoms with E-state index in [1.807, 2.05) is 0 Å². The molecule has 4 nitrogen and oxygen atoms in total. The lowest BCUT2D eigenvalue weighted by molar-refractivity contribution is -0.188. The lowest BCUT2D eigenvalue weighted by Crippen LogP contribution is -2.27. The minimum Gasteiger partial charge on any atom is -0.369 e. The van der Waals surface area contributed by atoms with Crippen molar-refractivity contribution in [1.82, 2.24) is 0 Å². The quantitative estimate of drug-likeness (QED) is 0.520. The fraction of sp³-hybridized carbons (Fsp3) is 0.500. The molecule has 0 heterocycles. The third-order valence-corrected chi connectivity index (χ3v) is 0.856. The van der Waals surface area contributed by atoms with Crippen LogP contribution in [-0.2, 0) is 14.5 Å². The minimum absolute atomic E-state index is 0.905. The van der Waals surface area contributed by atoms with Crippen LogP contribution in [0.5, 0.6) is 0 Å². The lowest BCUT2D eigenvalue weighted by Gasteiger charge is -1.97. The van der Waals surface area contributed by atoms with Gasteiger partial charge in [-0.25, -0.2) is 4.79 Å². The molecule has 0 saturated heterocycles. The summed E-state index contributed by atoms with van der Waals surface area (Å²) in [5, 5.41) is 0. The standard InChI is InChI=1S/C4H6FNO3/c1-2(3(6)7)4(8)9-5/h2H,1H3,(H2,6,7). The fourth-order valence-corrected chi connectivity index (χ4v) is 0.183. The predicted molar refractivity (Wildman–Crippen MR) is 25.6 cm³/mol. The summed E-state index contributed by atoms with van der Waals surface area (Å²) in [5.41, 5.74) is 4.61. The first-order chi connectivity index (χ1) is 4.09. The minimum atomic E-state index is -1.26. The van der Waals surface area contributed by atoms with E-state index in [9.17, 15) is 14.1 Å². The second-order valence-electron chi connectivity index (χ2n) is 1.52. The van der Waals surface area contributed by atoms with Gasteiger partial charge in [-0.3, -0.25) is 9.74 Å². The highest BCUT2D eigenvalue weighted by molar-refractivity contribution is 5.96. The van der Waals surface area contributed by atoms with Gasteiger partial charge in [-0.05, 0) is 6.92 Å². The van der Waals surface area contributed by atoms with Gasteiger partial charge in [0.25, 0.3) is 0 Å². The summed E-state index contributed by atoms with van der Waals surface area (Å²) in [6, 6.07) is 0. The monoisotopic (exact) mass is 135 g/mol. The summed E-state index contributed by atoms with van der Waals surface area (Å²) in [7, 11) is 0. The van der Waals surface area contributed by atoms with Crippen LogP contribution < -0.4 is 5.73 Å². The zero-order chi connectivity index (χ0) is 7.44. The Morgan fingerprint density at radius 3 is 2.22 bits per heavy atom. The van der Waals surface area contributed by atoms with Crippen LogP contribution in [0.15, 0.2) is 0 Å². The van der Waals surface area contributed by atoms with Gasteiger partial charge in [0, 0.05) is 4.53 Å². The average Bonchev–Trinajstić information content (AvgIpc) is 1.84. The smallest absolute Gasteiger partial charge is 0.360 e. The summed E-state index contributed by atoms with van der Waals surface area (Å²) in [6.07, 6.45) is 0. The van der Waals surface area contributed by atoms with Gasteiger partial charge >= 0.3 is 5.97 Å². The molecule has 52 valence electrons. The Kier molecular flexibility index (Phi) is 2.63. The van der Waals surface area contributed by atoms with Crippen LogP contribution in [0.3, 0.4) is 0 Å². The molecule has 0 saturated carbocycles. The van der Waals surface area contributed by atoms with Crippen LogP contribution in [-0.4, -0.2) is 11.9 Å². The largest absolute Gasteiger partial charge is 0.369 e. The van der Waals surface area contributed by atoms with Gasteiger partial charge in [0.15, 0.2) is 0 Å². The molecule has 0 fully saturated rings. The zero-order valence-electron chi connectivity index (χ0n) is 4.76. The highest BCUT2D eigenvalue weighted by atomic mass is 19.3. The molecular formula is C4H6FNO3. The van der Waals surface area contributed by atoms with Gasteiger partial charge in [-0.15, -0.1) is 0 Å². The van der Waals surface area contributed by atoms with E-state index in [0.29, 0.717) is 0 Å². The van der Waals surface area contributed by atoms with Crippen molar-refractivity contribution < 1.29 is 19.1 Å². The molecule has 0 rings (SSSR count). The number of nitrogens with two attached hydrogens (primary N) is 1. The van der Waals surface area contributed by atoms with Crippen LogP contribution in [0.1, 0.15) is 6.92 Å². The maximum atomic E-state index is 10.9. The number of carbonyl (C=O) groups excluding carboxylic acids is 2. The third-order valence-electron chi connectivity index (χ3n) is 0.856. The number of primary amides is 1. The van der Waals surface area contributed by atoms with Crippen molar-refractivity contribution in [2.75, 3.05) is 0 Å². The second kappa shape index (κ2) is 3.01.